The quantitative estimate of drug-likeness (QED) is 0.841. The summed E-state index contributed by atoms with van der Waals surface area (Å²) in [5.74, 6) is -1.63. The third-order valence-electron chi connectivity index (χ3n) is 2.20. The third-order valence-corrected chi connectivity index (χ3v) is 2.20. The Morgan fingerprint density at radius 3 is 2.69 bits per heavy atom. The Balaban J connectivity index is 2.64. The highest BCUT2D eigenvalue weighted by atomic mass is 19.1. The van der Waals surface area contributed by atoms with E-state index >= 15 is 0 Å². The van der Waals surface area contributed by atoms with Crippen LogP contribution in [0.15, 0.2) is 30.5 Å². The highest BCUT2D eigenvalue weighted by molar-refractivity contribution is 5.93. The lowest BCUT2D eigenvalue weighted by Crippen LogP contribution is -2.01. The first-order valence-corrected chi connectivity index (χ1v) is 4.61. The zero-order valence-electron chi connectivity index (χ0n) is 8.51. The van der Waals surface area contributed by atoms with E-state index in [0.717, 1.165) is 0 Å². The number of aromatic nitrogens is 2. The van der Waals surface area contributed by atoms with Gasteiger partial charge in [0.05, 0.1) is 0 Å². The topological polar surface area (TPSA) is 55.1 Å². The molecule has 16 heavy (non-hydrogen) atoms. The number of rotatable bonds is 2. The zero-order valence-corrected chi connectivity index (χ0v) is 8.51. The van der Waals surface area contributed by atoms with Crippen molar-refractivity contribution in [1.29, 1.82) is 0 Å². The summed E-state index contributed by atoms with van der Waals surface area (Å²) in [4.78, 5) is 10.9. The molecule has 1 heterocycles. The molecule has 0 unspecified atom stereocenters. The summed E-state index contributed by atoms with van der Waals surface area (Å²) >= 11 is 0. The number of halogens is 1. The second-order valence-electron chi connectivity index (χ2n) is 3.35. The monoisotopic (exact) mass is 220 g/mol. The van der Waals surface area contributed by atoms with Gasteiger partial charge in [0.1, 0.15) is 5.82 Å². The number of carboxylic acids is 1. The van der Waals surface area contributed by atoms with E-state index in [1.54, 1.807) is 19.2 Å². The minimum atomic E-state index is -1.17. The summed E-state index contributed by atoms with van der Waals surface area (Å²) < 4.78 is 14.9. The molecule has 82 valence electrons. The van der Waals surface area contributed by atoms with Crippen molar-refractivity contribution in [2.24, 2.45) is 7.05 Å². The highest BCUT2D eigenvalue weighted by Crippen LogP contribution is 2.25. The minimum absolute atomic E-state index is 0.146. The highest BCUT2D eigenvalue weighted by Gasteiger charge is 2.18. The van der Waals surface area contributed by atoms with E-state index in [2.05, 4.69) is 5.10 Å². The number of aryl methyl sites for hydroxylation is 1. The number of carbonyl (C=O) groups is 1. The molecule has 0 aliphatic carbocycles. The van der Waals surface area contributed by atoms with Crippen molar-refractivity contribution in [3.05, 3.63) is 42.0 Å². The van der Waals surface area contributed by atoms with Crippen LogP contribution in [0, 0.1) is 5.82 Å². The number of aromatic carboxylic acids is 1. The molecule has 0 saturated heterocycles. The van der Waals surface area contributed by atoms with Gasteiger partial charge in [-0.05, 0) is 6.07 Å². The van der Waals surface area contributed by atoms with Gasteiger partial charge < -0.3 is 5.11 Å². The molecular formula is C11H9FN2O2. The fourth-order valence-corrected chi connectivity index (χ4v) is 1.52. The van der Waals surface area contributed by atoms with E-state index in [0.29, 0.717) is 0 Å². The van der Waals surface area contributed by atoms with E-state index in [1.807, 2.05) is 0 Å². The van der Waals surface area contributed by atoms with Crippen molar-refractivity contribution in [3.8, 4) is 11.1 Å². The summed E-state index contributed by atoms with van der Waals surface area (Å²) in [7, 11) is 1.59. The van der Waals surface area contributed by atoms with E-state index in [4.69, 9.17) is 5.11 Å². The fourth-order valence-electron chi connectivity index (χ4n) is 1.52. The largest absolute Gasteiger partial charge is 0.476 e. The van der Waals surface area contributed by atoms with E-state index in [9.17, 15) is 9.18 Å². The van der Waals surface area contributed by atoms with Gasteiger partial charge in [0.15, 0.2) is 5.69 Å². The van der Waals surface area contributed by atoms with Gasteiger partial charge in [-0.25, -0.2) is 9.18 Å². The second-order valence-corrected chi connectivity index (χ2v) is 3.35. The molecule has 1 aromatic carbocycles. The van der Waals surface area contributed by atoms with Crippen molar-refractivity contribution in [1.82, 2.24) is 9.78 Å². The van der Waals surface area contributed by atoms with E-state index in [-0.39, 0.29) is 16.8 Å². The van der Waals surface area contributed by atoms with Gasteiger partial charge in [-0.1, -0.05) is 18.2 Å². The van der Waals surface area contributed by atoms with Crippen LogP contribution >= 0.6 is 0 Å². The molecule has 4 nitrogen and oxygen atoms in total. The lowest BCUT2D eigenvalue weighted by atomic mass is 10.1. The van der Waals surface area contributed by atoms with Gasteiger partial charge in [-0.2, -0.15) is 5.10 Å². The first-order valence-electron chi connectivity index (χ1n) is 4.61. The Kier molecular flexibility index (Phi) is 2.44. The zero-order chi connectivity index (χ0) is 11.7. The summed E-state index contributed by atoms with van der Waals surface area (Å²) in [6.07, 6.45) is 1.49. The maximum atomic E-state index is 13.5. The Labute approximate surface area is 90.9 Å². The maximum absolute atomic E-state index is 13.5. The van der Waals surface area contributed by atoms with E-state index in [1.165, 1.54) is 23.0 Å². The Bertz CT molecular complexity index is 549. The summed E-state index contributed by atoms with van der Waals surface area (Å²) in [6, 6.07) is 6.01. The van der Waals surface area contributed by atoms with Crippen LogP contribution in [-0.4, -0.2) is 20.9 Å². The molecule has 0 atom stereocenters. The van der Waals surface area contributed by atoms with Crippen LogP contribution in [0.1, 0.15) is 10.5 Å². The summed E-state index contributed by atoms with van der Waals surface area (Å²) in [5, 5.41) is 12.7. The van der Waals surface area contributed by atoms with Crippen molar-refractivity contribution in [2.45, 2.75) is 0 Å². The van der Waals surface area contributed by atoms with Crippen LogP contribution in [0.25, 0.3) is 11.1 Å². The average Bonchev–Trinajstić information content (AvgIpc) is 2.61. The van der Waals surface area contributed by atoms with Gasteiger partial charge in [0.2, 0.25) is 0 Å². The Hall–Kier alpha value is -2.17. The fraction of sp³-hybridized carbons (Fsp3) is 0.0909. The lowest BCUT2D eigenvalue weighted by molar-refractivity contribution is 0.0690. The number of hydrogen-bond acceptors (Lipinski definition) is 2. The molecule has 0 aliphatic heterocycles. The maximum Gasteiger partial charge on any atom is 0.357 e. The van der Waals surface area contributed by atoms with Crippen LogP contribution < -0.4 is 0 Å². The molecular weight excluding hydrogens is 211 g/mol. The van der Waals surface area contributed by atoms with Gasteiger partial charge >= 0.3 is 5.97 Å². The van der Waals surface area contributed by atoms with Crippen LogP contribution in [-0.2, 0) is 7.05 Å². The average molecular weight is 220 g/mol. The van der Waals surface area contributed by atoms with Gasteiger partial charge in [0.25, 0.3) is 0 Å². The van der Waals surface area contributed by atoms with Crippen molar-refractivity contribution < 1.29 is 14.3 Å². The molecule has 2 rings (SSSR count). The molecule has 2 aromatic rings. The first kappa shape index (κ1) is 10.4. The molecule has 0 spiro atoms. The second kappa shape index (κ2) is 3.77. The number of hydrogen-bond donors (Lipinski definition) is 1. The number of nitrogens with zero attached hydrogens (tertiary/aromatic N) is 2. The van der Waals surface area contributed by atoms with Gasteiger partial charge in [-0.15, -0.1) is 0 Å². The smallest absolute Gasteiger partial charge is 0.357 e. The predicted molar refractivity (Wildman–Crippen MR) is 55.6 cm³/mol. The molecule has 0 fully saturated rings. The lowest BCUT2D eigenvalue weighted by Gasteiger charge is -2.00. The van der Waals surface area contributed by atoms with Crippen molar-refractivity contribution in [3.63, 3.8) is 0 Å². The molecule has 0 aliphatic rings. The third kappa shape index (κ3) is 1.67. The standard InChI is InChI=1S/C11H9FN2O2/c1-14-6-8(10(13-14)11(15)16)7-4-2-3-5-9(7)12/h2-6H,1H3,(H,15,16). The summed E-state index contributed by atoms with van der Waals surface area (Å²) in [5.41, 5.74) is 0.383. The van der Waals surface area contributed by atoms with Gasteiger partial charge in [-0.3, -0.25) is 4.68 Å². The number of benzene rings is 1. The molecule has 5 heteroatoms. The van der Waals surface area contributed by atoms with Crippen LogP contribution in [0.5, 0.6) is 0 Å². The van der Waals surface area contributed by atoms with Gasteiger partial charge in [0, 0.05) is 24.4 Å². The Morgan fingerprint density at radius 2 is 2.06 bits per heavy atom. The Morgan fingerprint density at radius 1 is 1.38 bits per heavy atom. The minimum Gasteiger partial charge on any atom is -0.476 e. The normalized spacial score (nSPS) is 10.4. The molecule has 0 saturated carbocycles. The predicted octanol–water partition coefficient (Wildman–Crippen LogP) is 1.92. The van der Waals surface area contributed by atoms with Crippen LogP contribution in [0.2, 0.25) is 0 Å². The first-order chi connectivity index (χ1) is 7.59. The van der Waals surface area contributed by atoms with E-state index < -0.39 is 11.8 Å². The molecule has 0 bridgehead atoms. The number of carboxylic acid groups (broad SMARTS) is 1. The molecule has 0 radical (unpaired) electrons. The summed E-state index contributed by atoms with van der Waals surface area (Å²) in [6.45, 7) is 0. The van der Waals surface area contributed by atoms with Crippen molar-refractivity contribution >= 4 is 5.97 Å². The molecule has 0 amide bonds. The van der Waals surface area contributed by atoms with Crippen LogP contribution in [0.3, 0.4) is 0 Å². The molecule has 1 aromatic heterocycles. The SMILES string of the molecule is Cn1cc(-c2ccccc2F)c(C(=O)O)n1. The van der Waals surface area contributed by atoms with Crippen molar-refractivity contribution in [2.75, 3.05) is 0 Å². The van der Waals surface area contributed by atoms with Crippen LogP contribution in [0.4, 0.5) is 4.39 Å². The molecule has 1 N–H and O–H groups in total.